The maximum atomic E-state index is 9.56. The van der Waals surface area contributed by atoms with E-state index in [1.54, 1.807) is 0 Å². The van der Waals surface area contributed by atoms with Gasteiger partial charge < -0.3 is 0 Å². The zero-order chi connectivity index (χ0) is 12.7. The lowest BCUT2D eigenvalue weighted by molar-refractivity contribution is 0.481. The van der Waals surface area contributed by atoms with Crippen LogP contribution in [0.1, 0.15) is 38.2 Å². The van der Waals surface area contributed by atoms with Gasteiger partial charge in [-0.05, 0) is 12.0 Å². The highest BCUT2D eigenvalue weighted by Gasteiger charge is 2.31. The Kier molecular flexibility index (Phi) is 5.25. The third-order valence-corrected chi connectivity index (χ3v) is 3.12. The Balaban J connectivity index is 3.07. The van der Waals surface area contributed by atoms with Gasteiger partial charge in [-0.2, -0.15) is 5.26 Å². The van der Waals surface area contributed by atoms with Crippen molar-refractivity contribution in [2.45, 2.75) is 38.0 Å². The molecule has 0 heterocycles. The van der Waals surface area contributed by atoms with Crippen LogP contribution in [0.15, 0.2) is 41.9 Å². The second kappa shape index (κ2) is 6.47. The number of unbranched alkanes of at least 4 members (excludes halogenated alkanes) is 1. The van der Waals surface area contributed by atoms with Gasteiger partial charge in [0.1, 0.15) is 0 Å². The number of halogens is 1. The van der Waals surface area contributed by atoms with Crippen molar-refractivity contribution in [2.75, 3.05) is 0 Å². The first kappa shape index (κ1) is 13.8. The van der Waals surface area contributed by atoms with Gasteiger partial charge in [-0.1, -0.05) is 68.3 Å². The predicted octanol–water partition coefficient (Wildman–Crippen LogP) is 4.78. The van der Waals surface area contributed by atoms with Gasteiger partial charge in [0.15, 0.2) is 0 Å². The van der Waals surface area contributed by atoms with Crippen molar-refractivity contribution < 1.29 is 0 Å². The average Bonchev–Trinajstić information content (AvgIpc) is 2.35. The largest absolute Gasteiger partial charge is 0.197 e. The zero-order valence-corrected chi connectivity index (χ0v) is 11.0. The molecule has 1 rings (SSSR count). The lowest BCUT2D eigenvalue weighted by atomic mass is 9.75. The predicted molar refractivity (Wildman–Crippen MR) is 72.9 cm³/mol. The number of hydrogen-bond acceptors (Lipinski definition) is 1. The molecular weight excluding hydrogens is 230 g/mol. The van der Waals surface area contributed by atoms with Crippen LogP contribution in [-0.4, -0.2) is 0 Å². The lowest BCUT2D eigenvalue weighted by Crippen LogP contribution is -2.24. The molecule has 0 N–H and O–H groups in total. The Hall–Kier alpha value is -1.26. The molecule has 1 atom stereocenters. The fourth-order valence-electron chi connectivity index (χ4n) is 2.06. The monoisotopic (exact) mass is 247 g/mol. The minimum atomic E-state index is -0.518. The van der Waals surface area contributed by atoms with Crippen LogP contribution >= 0.6 is 11.6 Å². The highest BCUT2D eigenvalue weighted by atomic mass is 35.5. The Morgan fingerprint density at radius 3 is 2.53 bits per heavy atom. The molecule has 1 nitrogen and oxygen atoms in total. The second-order valence-electron chi connectivity index (χ2n) is 4.36. The number of rotatable bonds is 6. The molecule has 0 radical (unpaired) electrons. The first-order valence-corrected chi connectivity index (χ1v) is 6.32. The molecule has 2 heteroatoms. The SMILES string of the molecule is C=C(Cl)CC(C#N)(CCCC)c1ccccc1. The van der Waals surface area contributed by atoms with E-state index in [0.717, 1.165) is 24.8 Å². The Bertz CT molecular complexity index is 405. The minimum absolute atomic E-state index is 0.518. The van der Waals surface area contributed by atoms with E-state index in [1.165, 1.54) is 0 Å². The zero-order valence-electron chi connectivity index (χ0n) is 10.2. The van der Waals surface area contributed by atoms with Gasteiger partial charge in [0.2, 0.25) is 0 Å². The summed E-state index contributed by atoms with van der Waals surface area (Å²) in [6, 6.07) is 12.3. The Morgan fingerprint density at radius 1 is 1.41 bits per heavy atom. The summed E-state index contributed by atoms with van der Waals surface area (Å²) < 4.78 is 0. The molecule has 0 aliphatic heterocycles. The lowest BCUT2D eigenvalue weighted by Gasteiger charge is -2.26. The second-order valence-corrected chi connectivity index (χ2v) is 4.89. The molecule has 0 saturated carbocycles. The first-order valence-electron chi connectivity index (χ1n) is 5.94. The molecule has 1 aromatic carbocycles. The molecule has 0 saturated heterocycles. The van der Waals surface area contributed by atoms with E-state index in [0.29, 0.717) is 11.5 Å². The molecule has 0 bridgehead atoms. The van der Waals surface area contributed by atoms with E-state index in [1.807, 2.05) is 30.3 Å². The van der Waals surface area contributed by atoms with Crippen LogP contribution in [-0.2, 0) is 5.41 Å². The molecule has 0 fully saturated rings. The highest BCUT2D eigenvalue weighted by Crippen LogP contribution is 2.36. The number of benzene rings is 1. The van der Waals surface area contributed by atoms with Crippen molar-refractivity contribution in [3.05, 3.63) is 47.5 Å². The van der Waals surface area contributed by atoms with E-state index < -0.39 is 5.41 Å². The van der Waals surface area contributed by atoms with Crippen LogP contribution < -0.4 is 0 Å². The fourth-order valence-corrected chi connectivity index (χ4v) is 2.29. The van der Waals surface area contributed by atoms with E-state index >= 15 is 0 Å². The molecule has 1 unspecified atom stereocenters. The number of allylic oxidation sites excluding steroid dienone is 1. The molecule has 0 aromatic heterocycles. The normalized spacial score (nSPS) is 13.7. The quantitative estimate of drug-likeness (QED) is 0.710. The summed E-state index contributed by atoms with van der Waals surface area (Å²) >= 11 is 5.92. The van der Waals surface area contributed by atoms with Gasteiger partial charge >= 0.3 is 0 Å². The van der Waals surface area contributed by atoms with Gasteiger partial charge in [-0.15, -0.1) is 0 Å². The van der Waals surface area contributed by atoms with Gasteiger partial charge in [0.05, 0.1) is 11.5 Å². The molecular formula is C15H18ClN. The number of nitrogens with zero attached hydrogens (tertiary/aromatic N) is 1. The van der Waals surface area contributed by atoms with Gasteiger partial charge in [0.25, 0.3) is 0 Å². The van der Waals surface area contributed by atoms with Crippen LogP contribution in [0.4, 0.5) is 0 Å². The fraction of sp³-hybridized carbons (Fsp3) is 0.400. The molecule has 0 aliphatic rings. The van der Waals surface area contributed by atoms with Crippen molar-refractivity contribution in [3.63, 3.8) is 0 Å². The Morgan fingerprint density at radius 2 is 2.06 bits per heavy atom. The topological polar surface area (TPSA) is 23.8 Å². The molecule has 0 amide bonds. The maximum Gasteiger partial charge on any atom is 0.0870 e. The van der Waals surface area contributed by atoms with Gasteiger partial charge in [-0.25, -0.2) is 0 Å². The highest BCUT2D eigenvalue weighted by molar-refractivity contribution is 6.29. The summed E-state index contributed by atoms with van der Waals surface area (Å²) in [4.78, 5) is 0. The Labute approximate surface area is 109 Å². The van der Waals surface area contributed by atoms with Crippen molar-refractivity contribution >= 4 is 11.6 Å². The van der Waals surface area contributed by atoms with Crippen LogP contribution in [0.25, 0.3) is 0 Å². The maximum absolute atomic E-state index is 9.56. The van der Waals surface area contributed by atoms with Gasteiger partial charge in [0, 0.05) is 11.5 Å². The van der Waals surface area contributed by atoms with Gasteiger partial charge in [-0.3, -0.25) is 0 Å². The van der Waals surface area contributed by atoms with E-state index in [4.69, 9.17) is 11.6 Å². The molecule has 1 aromatic rings. The van der Waals surface area contributed by atoms with Crippen LogP contribution in [0, 0.1) is 11.3 Å². The summed E-state index contributed by atoms with van der Waals surface area (Å²) in [7, 11) is 0. The standard InChI is InChI=1S/C15H18ClN/c1-3-4-10-15(12-17,11-13(2)16)14-8-6-5-7-9-14/h5-9H,2-4,10-11H2,1H3. The summed E-state index contributed by atoms with van der Waals surface area (Å²) in [6.45, 7) is 5.86. The summed E-state index contributed by atoms with van der Waals surface area (Å²) in [5.41, 5.74) is 0.522. The number of nitriles is 1. The third-order valence-electron chi connectivity index (χ3n) is 2.99. The van der Waals surface area contributed by atoms with Crippen LogP contribution in [0.3, 0.4) is 0 Å². The smallest absolute Gasteiger partial charge is 0.0870 e. The molecule has 0 spiro atoms. The summed E-state index contributed by atoms with van der Waals surface area (Å²) in [5.74, 6) is 0. The van der Waals surface area contributed by atoms with Crippen molar-refractivity contribution in [1.82, 2.24) is 0 Å². The first-order chi connectivity index (χ1) is 8.14. The van der Waals surface area contributed by atoms with Crippen LogP contribution in [0.5, 0.6) is 0 Å². The van der Waals surface area contributed by atoms with E-state index in [2.05, 4.69) is 19.6 Å². The van der Waals surface area contributed by atoms with E-state index in [-0.39, 0.29) is 0 Å². The molecule has 0 aliphatic carbocycles. The molecule has 17 heavy (non-hydrogen) atoms. The molecule has 90 valence electrons. The van der Waals surface area contributed by atoms with Crippen LogP contribution in [0.2, 0.25) is 0 Å². The van der Waals surface area contributed by atoms with Crippen molar-refractivity contribution in [2.24, 2.45) is 0 Å². The summed E-state index contributed by atoms with van der Waals surface area (Å²) in [6.07, 6.45) is 3.45. The van der Waals surface area contributed by atoms with Crippen molar-refractivity contribution in [3.8, 4) is 6.07 Å². The minimum Gasteiger partial charge on any atom is -0.197 e. The number of hydrogen-bond donors (Lipinski definition) is 0. The third kappa shape index (κ3) is 3.61. The average molecular weight is 248 g/mol. The van der Waals surface area contributed by atoms with E-state index in [9.17, 15) is 5.26 Å². The van der Waals surface area contributed by atoms with Crippen molar-refractivity contribution in [1.29, 1.82) is 5.26 Å². The summed E-state index contributed by atoms with van der Waals surface area (Å²) in [5, 5.41) is 10.1.